The maximum Gasteiger partial charge on any atom is 0.235 e. The van der Waals surface area contributed by atoms with Crippen molar-refractivity contribution in [2.24, 2.45) is 11.1 Å². The van der Waals surface area contributed by atoms with E-state index in [4.69, 9.17) is 23.1 Å². The van der Waals surface area contributed by atoms with E-state index < -0.39 is 5.41 Å². The van der Waals surface area contributed by atoms with E-state index >= 15 is 0 Å². The van der Waals surface area contributed by atoms with Crippen molar-refractivity contribution in [1.29, 1.82) is 0 Å². The van der Waals surface area contributed by atoms with Crippen LogP contribution in [0.3, 0.4) is 0 Å². The van der Waals surface area contributed by atoms with Crippen LogP contribution in [-0.4, -0.2) is 40.1 Å². The fraction of sp³-hybridized carbons (Fsp3) is 0.857. The molecule has 0 aromatic heterocycles. The van der Waals surface area contributed by atoms with Gasteiger partial charge in [0.2, 0.25) is 5.91 Å². The van der Waals surface area contributed by atoms with Crippen LogP contribution in [0.4, 0.5) is 0 Å². The third kappa shape index (κ3) is 3.66. The quantitative estimate of drug-likeness (QED) is 0.635. The van der Waals surface area contributed by atoms with E-state index in [1.807, 2.05) is 13.8 Å². The molecule has 0 radical (unpaired) electrons. The van der Waals surface area contributed by atoms with E-state index in [-0.39, 0.29) is 18.6 Å². The molecule has 1 aliphatic rings. The summed E-state index contributed by atoms with van der Waals surface area (Å²) < 4.78 is 0. The standard InChI is InChI=1S/C14H26N2O2S/c1-3-7-14(8-4-2,12(15)19)13(18)16(9-10-17)11-5-6-11/h11,17H,3-10H2,1-2H3,(H2,15,19). The number of amides is 1. The molecule has 1 fully saturated rings. The molecule has 0 bridgehead atoms. The maximum atomic E-state index is 12.9. The highest BCUT2D eigenvalue weighted by Crippen LogP contribution is 2.37. The van der Waals surface area contributed by atoms with Gasteiger partial charge in [0.25, 0.3) is 0 Å². The molecule has 0 saturated heterocycles. The monoisotopic (exact) mass is 286 g/mol. The number of rotatable bonds is 9. The molecule has 5 heteroatoms. The number of hydrogen-bond acceptors (Lipinski definition) is 3. The maximum absolute atomic E-state index is 12.9. The van der Waals surface area contributed by atoms with Gasteiger partial charge in [0.1, 0.15) is 0 Å². The van der Waals surface area contributed by atoms with Crippen molar-refractivity contribution in [3.8, 4) is 0 Å². The van der Waals surface area contributed by atoms with Gasteiger partial charge in [-0.25, -0.2) is 0 Å². The van der Waals surface area contributed by atoms with Crippen LogP contribution >= 0.6 is 12.2 Å². The Bertz CT molecular complexity index is 323. The molecule has 19 heavy (non-hydrogen) atoms. The highest BCUT2D eigenvalue weighted by atomic mass is 32.1. The van der Waals surface area contributed by atoms with Crippen LogP contribution in [-0.2, 0) is 4.79 Å². The van der Waals surface area contributed by atoms with E-state index in [2.05, 4.69) is 0 Å². The molecule has 0 spiro atoms. The Labute approximate surface area is 121 Å². The summed E-state index contributed by atoms with van der Waals surface area (Å²) in [5, 5.41) is 9.17. The van der Waals surface area contributed by atoms with Gasteiger partial charge < -0.3 is 15.7 Å². The summed E-state index contributed by atoms with van der Waals surface area (Å²) in [6, 6.07) is 0.280. The fourth-order valence-electron chi connectivity index (χ4n) is 2.76. The van der Waals surface area contributed by atoms with E-state index in [1.54, 1.807) is 4.90 Å². The summed E-state index contributed by atoms with van der Waals surface area (Å²) in [5.74, 6) is 0.0280. The largest absolute Gasteiger partial charge is 0.395 e. The van der Waals surface area contributed by atoms with Crippen LogP contribution < -0.4 is 5.73 Å². The second-order valence-electron chi connectivity index (χ2n) is 5.40. The summed E-state index contributed by atoms with van der Waals surface area (Å²) in [5.41, 5.74) is 5.21. The molecule has 0 heterocycles. The summed E-state index contributed by atoms with van der Waals surface area (Å²) in [4.78, 5) is 15.0. The first-order chi connectivity index (χ1) is 9.03. The SMILES string of the molecule is CCCC(CCC)(C(=O)N(CCO)C1CC1)C(N)=S. The number of nitrogens with zero attached hydrogens (tertiary/aromatic N) is 1. The molecular weight excluding hydrogens is 260 g/mol. The summed E-state index contributed by atoms with van der Waals surface area (Å²) in [7, 11) is 0. The van der Waals surface area contributed by atoms with Crippen molar-refractivity contribution in [1.82, 2.24) is 4.90 Å². The van der Waals surface area contributed by atoms with Crippen molar-refractivity contribution in [2.75, 3.05) is 13.2 Å². The lowest BCUT2D eigenvalue weighted by molar-refractivity contribution is -0.140. The van der Waals surface area contributed by atoms with E-state index in [0.717, 1.165) is 25.7 Å². The zero-order valence-electron chi connectivity index (χ0n) is 12.0. The van der Waals surface area contributed by atoms with Gasteiger partial charge in [0.15, 0.2) is 0 Å². The van der Waals surface area contributed by atoms with Gasteiger partial charge in [0.05, 0.1) is 17.0 Å². The van der Waals surface area contributed by atoms with Gasteiger partial charge in [0, 0.05) is 12.6 Å². The first-order valence-corrected chi connectivity index (χ1v) is 7.66. The average molecular weight is 286 g/mol. The van der Waals surface area contributed by atoms with Gasteiger partial charge in [-0.15, -0.1) is 0 Å². The Morgan fingerprint density at radius 2 is 1.89 bits per heavy atom. The van der Waals surface area contributed by atoms with Crippen molar-refractivity contribution in [3.05, 3.63) is 0 Å². The van der Waals surface area contributed by atoms with Crippen LogP contribution in [0.15, 0.2) is 0 Å². The lowest BCUT2D eigenvalue weighted by atomic mass is 9.77. The average Bonchev–Trinajstić information content (AvgIpc) is 3.18. The normalized spacial score (nSPS) is 15.3. The molecule has 3 N–H and O–H groups in total. The fourth-order valence-corrected chi connectivity index (χ4v) is 3.05. The van der Waals surface area contributed by atoms with Crippen LogP contribution in [0.2, 0.25) is 0 Å². The zero-order chi connectivity index (χ0) is 14.5. The van der Waals surface area contributed by atoms with Crippen LogP contribution in [0.1, 0.15) is 52.4 Å². The van der Waals surface area contributed by atoms with Crippen LogP contribution in [0, 0.1) is 5.41 Å². The number of hydrogen-bond donors (Lipinski definition) is 2. The van der Waals surface area contributed by atoms with Crippen molar-refractivity contribution < 1.29 is 9.90 Å². The third-order valence-corrected chi connectivity index (χ3v) is 4.21. The van der Waals surface area contributed by atoms with Crippen LogP contribution in [0.25, 0.3) is 0 Å². The number of aliphatic hydroxyl groups excluding tert-OH is 1. The molecule has 0 aliphatic heterocycles. The minimum Gasteiger partial charge on any atom is -0.395 e. The topological polar surface area (TPSA) is 66.6 Å². The van der Waals surface area contributed by atoms with Crippen molar-refractivity contribution in [3.63, 3.8) is 0 Å². The number of carbonyl (C=O) groups excluding carboxylic acids is 1. The van der Waals surface area contributed by atoms with Crippen molar-refractivity contribution >= 4 is 23.1 Å². The lowest BCUT2D eigenvalue weighted by Crippen LogP contribution is -2.52. The highest BCUT2D eigenvalue weighted by Gasteiger charge is 2.45. The van der Waals surface area contributed by atoms with Gasteiger partial charge in [-0.2, -0.15) is 0 Å². The number of carbonyl (C=O) groups is 1. The first kappa shape index (κ1) is 16.4. The van der Waals surface area contributed by atoms with Gasteiger partial charge >= 0.3 is 0 Å². The predicted octanol–water partition coefficient (Wildman–Crippen LogP) is 1.84. The Morgan fingerprint density at radius 3 is 2.21 bits per heavy atom. The van der Waals surface area contributed by atoms with E-state index in [1.165, 1.54) is 0 Å². The van der Waals surface area contributed by atoms with Crippen molar-refractivity contribution in [2.45, 2.75) is 58.4 Å². The molecule has 110 valence electrons. The van der Waals surface area contributed by atoms with E-state index in [9.17, 15) is 4.79 Å². The first-order valence-electron chi connectivity index (χ1n) is 7.25. The second-order valence-corrected chi connectivity index (χ2v) is 5.84. The molecular formula is C14H26N2O2S. The van der Waals surface area contributed by atoms with Gasteiger partial charge in [-0.3, -0.25) is 4.79 Å². The summed E-state index contributed by atoms with van der Waals surface area (Å²) >= 11 is 5.21. The smallest absolute Gasteiger partial charge is 0.235 e. The van der Waals surface area contributed by atoms with Gasteiger partial charge in [-0.1, -0.05) is 38.9 Å². The predicted molar refractivity (Wildman–Crippen MR) is 80.9 cm³/mol. The third-order valence-electron chi connectivity index (χ3n) is 3.82. The summed E-state index contributed by atoms with van der Waals surface area (Å²) in [6.07, 6.45) is 5.20. The molecule has 0 atom stereocenters. The molecule has 0 unspecified atom stereocenters. The van der Waals surface area contributed by atoms with Gasteiger partial charge in [-0.05, 0) is 25.7 Å². The molecule has 1 rings (SSSR count). The molecule has 4 nitrogen and oxygen atoms in total. The minimum absolute atomic E-state index is 0.00605. The highest BCUT2D eigenvalue weighted by molar-refractivity contribution is 7.80. The minimum atomic E-state index is -0.712. The molecule has 1 amide bonds. The zero-order valence-corrected chi connectivity index (χ0v) is 12.8. The Balaban J connectivity index is 2.99. The number of thiocarbonyl (C=S) groups is 1. The second kappa shape index (κ2) is 7.20. The lowest BCUT2D eigenvalue weighted by Gasteiger charge is -2.36. The molecule has 1 saturated carbocycles. The number of aliphatic hydroxyl groups is 1. The Kier molecular flexibility index (Phi) is 6.20. The molecule has 0 aromatic rings. The molecule has 0 aromatic carbocycles. The van der Waals surface area contributed by atoms with Crippen LogP contribution in [0.5, 0.6) is 0 Å². The Morgan fingerprint density at radius 1 is 1.37 bits per heavy atom. The Hall–Kier alpha value is -0.680. The van der Waals surface area contributed by atoms with E-state index in [0.29, 0.717) is 24.4 Å². The number of nitrogens with two attached hydrogens (primary N) is 1. The molecule has 1 aliphatic carbocycles. The summed E-state index contributed by atoms with van der Waals surface area (Å²) in [6.45, 7) is 4.47.